The Bertz CT molecular complexity index is 782. The summed E-state index contributed by atoms with van der Waals surface area (Å²) in [7, 11) is 0. The van der Waals surface area contributed by atoms with Crippen molar-refractivity contribution in [2.75, 3.05) is 11.1 Å². The van der Waals surface area contributed by atoms with E-state index >= 15 is 0 Å². The van der Waals surface area contributed by atoms with Crippen molar-refractivity contribution in [3.63, 3.8) is 0 Å². The molecule has 138 valence electrons. The number of rotatable bonds is 6. The van der Waals surface area contributed by atoms with Gasteiger partial charge in [-0.2, -0.15) is 0 Å². The van der Waals surface area contributed by atoms with E-state index in [9.17, 15) is 9.59 Å². The average molecular weight is 371 g/mol. The zero-order valence-corrected chi connectivity index (χ0v) is 16.6. The van der Waals surface area contributed by atoms with E-state index in [2.05, 4.69) is 35.8 Å². The van der Waals surface area contributed by atoms with Gasteiger partial charge in [0.15, 0.2) is 0 Å². The minimum atomic E-state index is -0.335. The zero-order valence-electron chi connectivity index (χ0n) is 15.8. The molecule has 0 unspecified atom stereocenters. The number of nitrogens with one attached hydrogen (secondary N) is 2. The second kappa shape index (κ2) is 8.90. The van der Waals surface area contributed by atoms with Crippen molar-refractivity contribution >= 4 is 29.3 Å². The largest absolute Gasteiger partial charge is 0.347 e. The Morgan fingerprint density at radius 2 is 1.77 bits per heavy atom. The first-order valence-electron chi connectivity index (χ1n) is 8.59. The van der Waals surface area contributed by atoms with Gasteiger partial charge in [-0.25, -0.2) is 0 Å². The molecule has 0 aromatic heterocycles. The lowest BCUT2D eigenvalue weighted by Gasteiger charge is -2.21. The van der Waals surface area contributed by atoms with Crippen molar-refractivity contribution in [3.8, 4) is 0 Å². The summed E-state index contributed by atoms with van der Waals surface area (Å²) in [6.07, 6.45) is 0. The molecule has 26 heavy (non-hydrogen) atoms. The van der Waals surface area contributed by atoms with E-state index in [1.54, 1.807) is 30.0 Å². The third kappa shape index (κ3) is 6.56. The smallest absolute Gasteiger partial charge is 0.253 e. The van der Waals surface area contributed by atoms with Crippen LogP contribution in [0.25, 0.3) is 0 Å². The van der Waals surface area contributed by atoms with Crippen LogP contribution in [0, 0.1) is 6.92 Å². The Morgan fingerprint density at radius 1 is 1.04 bits per heavy atom. The number of aryl methyl sites for hydroxylation is 1. The Hall–Kier alpha value is -2.27. The summed E-state index contributed by atoms with van der Waals surface area (Å²) in [4.78, 5) is 24.7. The standard InChI is InChI=1S/C21H26N2O2S/c1-15-8-7-9-16(12-15)13-26-14-19(24)22-18-11-6-5-10-17(18)20(25)23-21(2,3)4/h5-12H,13-14H2,1-4H3,(H,22,24)(H,23,25). The highest BCUT2D eigenvalue weighted by molar-refractivity contribution is 7.99. The van der Waals surface area contributed by atoms with Crippen molar-refractivity contribution in [2.24, 2.45) is 0 Å². The summed E-state index contributed by atoms with van der Waals surface area (Å²) in [5.41, 5.74) is 3.09. The van der Waals surface area contributed by atoms with Crippen LogP contribution in [0.4, 0.5) is 5.69 Å². The molecule has 2 aromatic carbocycles. The predicted octanol–water partition coefficient (Wildman–Crippen LogP) is 4.40. The molecule has 0 aliphatic carbocycles. The van der Waals surface area contributed by atoms with Gasteiger partial charge >= 0.3 is 0 Å². The van der Waals surface area contributed by atoms with Crippen LogP contribution in [0.1, 0.15) is 42.3 Å². The first-order chi connectivity index (χ1) is 12.2. The highest BCUT2D eigenvalue weighted by Crippen LogP contribution is 2.18. The van der Waals surface area contributed by atoms with Crippen LogP contribution >= 0.6 is 11.8 Å². The number of thioether (sulfide) groups is 1. The van der Waals surface area contributed by atoms with Gasteiger partial charge in [0.25, 0.3) is 5.91 Å². The molecule has 0 aliphatic rings. The maximum absolute atomic E-state index is 12.4. The number of anilines is 1. The highest BCUT2D eigenvalue weighted by Gasteiger charge is 2.18. The molecule has 2 amide bonds. The van der Waals surface area contributed by atoms with Gasteiger partial charge in [0.2, 0.25) is 5.91 Å². The molecule has 4 nitrogen and oxygen atoms in total. The molecule has 0 aliphatic heterocycles. The summed E-state index contributed by atoms with van der Waals surface area (Å²) >= 11 is 1.55. The third-order valence-corrected chi connectivity index (χ3v) is 4.52. The molecule has 0 radical (unpaired) electrons. The summed E-state index contributed by atoms with van der Waals surface area (Å²) in [6, 6.07) is 15.3. The quantitative estimate of drug-likeness (QED) is 0.792. The number of hydrogen-bond donors (Lipinski definition) is 2. The van der Waals surface area contributed by atoms with E-state index in [0.717, 1.165) is 5.75 Å². The minimum Gasteiger partial charge on any atom is -0.347 e. The summed E-state index contributed by atoms with van der Waals surface area (Å²) in [6.45, 7) is 7.83. The molecule has 0 spiro atoms. The van der Waals surface area contributed by atoms with Crippen molar-refractivity contribution in [3.05, 3.63) is 65.2 Å². The molecule has 5 heteroatoms. The molecule has 0 atom stereocenters. The second-order valence-electron chi connectivity index (χ2n) is 7.28. The number of benzene rings is 2. The number of carbonyl (C=O) groups is 2. The summed E-state index contributed by atoms with van der Waals surface area (Å²) < 4.78 is 0. The Kier molecular flexibility index (Phi) is 6.86. The van der Waals surface area contributed by atoms with Gasteiger partial charge in [-0.15, -0.1) is 11.8 Å². The first kappa shape index (κ1) is 20.0. The first-order valence-corrected chi connectivity index (χ1v) is 9.75. The Balaban J connectivity index is 1.93. The maximum Gasteiger partial charge on any atom is 0.253 e. The average Bonchev–Trinajstić information content (AvgIpc) is 2.53. The molecule has 2 aromatic rings. The summed E-state index contributed by atoms with van der Waals surface area (Å²) in [5.74, 6) is 0.809. The van der Waals surface area contributed by atoms with E-state index in [0.29, 0.717) is 17.0 Å². The topological polar surface area (TPSA) is 58.2 Å². The van der Waals surface area contributed by atoms with Crippen molar-refractivity contribution in [1.82, 2.24) is 5.32 Å². The van der Waals surface area contributed by atoms with Crippen molar-refractivity contribution < 1.29 is 9.59 Å². The monoisotopic (exact) mass is 370 g/mol. The number of amides is 2. The van der Waals surface area contributed by atoms with E-state index < -0.39 is 0 Å². The predicted molar refractivity (Wildman–Crippen MR) is 110 cm³/mol. The van der Waals surface area contributed by atoms with Crippen LogP contribution in [0.2, 0.25) is 0 Å². The Labute approximate surface area is 159 Å². The SMILES string of the molecule is Cc1cccc(CSCC(=O)Nc2ccccc2C(=O)NC(C)(C)C)c1. The molecular weight excluding hydrogens is 344 g/mol. The maximum atomic E-state index is 12.4. The zero-order chi connectivity index (χ0) is 19.2. The molecular formula is C21H26N2O2S. The third-order valence-electron chi connectivity index (χ3n) is 3.52. The van der Waals surface area contributed by atoms with Gasteiger partial charge in [0, 0.05) is 11.3 Å². The van der Waals surface area contributed by atoms with Crippen LogP contribution < -0.4 is 10.6 Å². The van der Waals surface area contributed by atoms with Gasteiger partial charge in [-0.05, 0) is 45.4 Å². The normalized spacial score (nSPS) is 11.1. The molecule has 0 saturated carbocycles. The molecule has 0 fully saturated rings. The van der Waals surface area contributed by atoms with Crippen LogP contribution in [0.5, 0.6) is 0 Å². The molecule has 0 saturated heterocycles. The van der Waals surface area contributed by atoms with E-state index in [1.165, 1.54) is 11.1 Å². The number of carbonyl (C=O) groups excluding carboxylic acids is 2. The van der Waals surface area contributed by atoms with Crippen LogP contribution in [-0.2, 0) is 10.5 Å². The number of hydrogen-bond acceptors (Lipinski definition) is 3. The van der Waals surface area contributed by atoms with Crippen molar-refractivity contribution in [2.45, 2.75) is 39.0 Å². The van der Waals surface area contributed by atoms with Gasteiger partial charge in [-0.1, -0.05) is 42.0 Å². The van der Waals surface area contributed by atoms with Crippen LogP contribution in [0.3, 0.4) is 0 Å². The fraction of sp³-hybridized carbons (Fsp3) is 0.333. The summed E-state index contributed by atoms with van der Waals surface area (Å²) in [5, 5.41) is 5.78. The molecule has 0 bridgehead atoms. The van der Waals surface area contributed by atoms with E-state index in [1.807, 2.05) is 32.9 Å². The lowest BCUT2D eigenvalue weighted by molar-refractivity contribution is -0.113. The van der Waals surface area contributed by atoms with Crippen LogP contribution in [0.15, 0.2) is 48.5 Å². The van der Waals surface area contributed by atoms with Gasteiger partial charge < -0.3 is 10.6 Å². The molecule has 2 N–H and O–H groups in total. The second-order valence-corrected chi connectivity index (χ2v) is 8.27. The number of para-hydroxylation sites is 1. The highest BCUT2D eigenvalue weighted by atomic mass is 32.2. The van der Waals surface area contributed by atoms with E-state index in [-0.39, 0.29) is 17.4 Å². The van der Waals surface area contributed by atoms with Gasteiger partial charge in [0.1, 0.15) is 0 Å². The lowest BCUT2D eigenvalue weighted by Crippen LogP contribution is -2.40. The fourth-order valence-corrected chi connectivity index (χ4v) is 3.22. The minimum absolute atomic E-state index is 0.112. The fourth-order valence-electron chi connectivity index (χ4n) is 2.45. The van der Waals surface area contributed by atoms with Crippen LogP contribution in [-0.4, -0.2) is 23.1 Å². The van der Waals surface area contributed by atoms with Crippen molar-refractivity contribution in [1.29, 1.82) is 0 Å². The van der Waals surface area contributed by atoms with Gasteiger partial charge in [0.05, 0.1) is 17.0 Å². The molecule has 2 rings (SSSR count). The Morgan fingerprint density at radius 3 is 2.46 bits per heavy atom. The molecule has 0 heterocycles. The lowest BCUT2D eigenvalue weighted by atomic mass is 10.1. The van der Waals surface area contributed by atoms with Gasteiger partial charge in [-0.3, -0.25) is 9.59 Å². The van der Waals surface area contributed by atoms with E-state index in [4.69, 9.17) is 0 Å².